The molecule has 0 aliphatic heterocycles. The Hall–Kier alpha value is -1.53. The topological polar surface area (TPSA) is 0 Å². The second-order valence-electron chi connectivity index (χ2n) is 4.38. The van der Waals surface area contributed by atoms with E-state index >= 15 is 0 Å². The molecule has 3 aromatic rings. The first-order chi connectivity index (χ1) is 8.25. The monoisotopic (exact) mass is 240 g/mol. The maximum atomic E-state index is 6.12. The molecule has 0 nitrogen and oxygen atoms in total. The maximum absolute atomic E-state index is 6.12. The van der Waals surface area contributed by atoms with Gasteiger partial charge in [-0.3, -0.25) is 0 Å². The number of alkyl halides is 1. The summed E-state index contributed by atoms with van der Waals surface area (Å²) in [6.07, 6.45) is 0. The third-order valence-corrected chi connectivity index (χ3v) is 3.48. The van der Waals surface area contributed by atoms with E-state index in [1.807, 2.05) is 6.92 Å². The number of fused-ring (bicyclic) bond motifs is 3. The zero-order valence-corrected chi connectivity index (χ0v) is 10.4. The van der Waals surface area contributed by atoms with Crippen LogP contribution in [0.25, 0.3) is 21.5 Å². The normalized spacial score (nSPS) is 13.1. The lowest BCUT2D eigenvalue weighted by atomic mass is 9.99. The molecule has 0 amide bonds. The first kappa shape index (κ1) is 10.6. The summed E-state index contributed by atoms with van der Waals surface area (Å²) >= 11 is 6.12. The van der Waals surface area contributed by atoms with E-state index in [-0.39, 0.29) is 5.38 Å². The predicted octanol–water partition coefficient (Wildman–Crippen LogP) is 5.29. The van der Waals surface area contributed by atoms with Crippen molar-refractivity contribution >= 4 is 33.1 Å². The van der Waals surface area contributed by atoms with Crippen LogP contribution in [-0.4, -0.2) is 0 Å². The molecule has 0 spiro atoms. The molecule has 0 fully saturated rings. The molecule has 0 aliphatic carbocycles. The van der Waals surface area contributed by atoms with Crippen molar-refractivity contribution in [3.05, 3.63) is 60.2 Å². The highest BCUT2D eigenvalue weighted by atomic mass is 35.5. The van der Waals surface area contributed by atoms with Crippen LogP contribution in [0.2, 0.25) is 0 Å². The fourth-order valence-corrected chi connectivity index (χ4v) is 2.41. The highest BCUT2D eigenvalue weighted by Crippen LogP contribution is 2.29. The zero-order chi connectivity index (χ0) is 11.8. The molecule has 1 heteroatoms. The van der Waals surface area contributed by atoms with Crippen molar-refractivity contribution in [1.29, 1.82) is 0 Å². The van der Waals surface area contributed by atoms with Crippen molar-refractivity contribution in [2.45, 2.75) is 12.3 Å². The molecule has 0 aliphatic rings. The summed E-state index contributed by atoms with van der Waals surface area (Å²) < 4.78 is 0. The van der Waals surface area contributed by atoms with Crippen LogP contribution in [0.3, 0.4) is 0 Å². The van der Waals surface area contributed by atoms with Gasteiger partial charge in [0.2, 0.25) is 0 Å². The minimum atomic E-state index is 0.0610. The Labute approximate surface area is 106 Å². The molecule has 0 N–H and O–H groups in total. The smallest absolute Gasteiger partial charge is 0.0557 e. The first-order valence-electron chi connectivity index (χ1n) is 5.81. The number of rotatable bonds is 1. The third-order valence-electron chi connectivity index (χ3n) is 3.23. The minimum Gasteiger partial charge on any atom is -0.118 e. The van der Waals surface area contributed by atoms with Gasteiger partial charge in [0.05, 0.1) is 5.38 Å². The molecule has 0 aromatic heterocycles. The lowest BCUT2D eigenvalue weighted by Gasteiger charge is -2.07. The average Bonchev–Trinajstić information content (AvgIpc) is 2.38. The first-order valence-corrected chi connectivity index (χ1v) is 6.25. The van der Waals surface area contributed by atoms with Gasteiger partial charge in [0.25, 0.3) is 0 Å². The molecule has 0 heterocycles. The summed E-state index contributed by atoms with van der Waals surface area (Å²) in [5.74, 6) is 0. The molecule has 17 heavy (non-hydrogen) atoms. The van der Waals surface area contributed by atoms with Crippen molar-refractivity contribution in [1.82, 2.24) is 0 Å². The summed E-state index contributed by atoms with van der Waals surface area (Å²) in [5.41, 5.74) is 1.18. The molecule has 0 saturated carbocycles. The summed E-state index contributed by atoms with van der Waals surface area (Å²) in [5, 5.41) is 5.20. The molecule has 84 valence electrons. The van der Waals surface area contributed by atoms with Gasteiger partial charge in [-0.15, -0.1) is 11.6 Å². The van der Waals surface area contributed by atoms with Gasteiger partial charge in [-0.1, -0.05) is 48.5 Å². The number of hydrogen-bond acceptors (Lipinski definition) is 0. The molecule has 1 unspecified atom stereocenters. The Morgan fingerprint density at radius 3 is 2.35 bits per heavy atom. The second kappa shape index (κ2) is 4.05. The van der Waals surface area contributed by atoms with Gasteiger partial charge >= 0.3 is 0 Å². The Bertz CT molecular complexity index is 683. The zero-order valence-electron chi connectivity index (χ0n) is 9.65. The van der Waals surface area contributed by atoms with Crippen molar-refractivity contribution in [2.24, 2.45) is 0 Å². The van der Waals surface area contributed by atoms with E-state index in [1.165, 1.54) is 27.1 Å². The molecule has 3 aromatic carbocycles. The van der Waals surface area contributed by atoms with Gasteiger partial charge in [-0.05, 0) is 40.1 Å². The van der Waals surface area contributed by atoms with Crippen molar-refractivity contribution in [3.8, 4) is 0 Å². The van der Waals surface area contributed by atoms with E-state index in [1.54, 1.807) is 0 Å². The number of benzene rings is 3. The number of halogens is 1. The summed E-state index contributed by atoms with van der Waals surface area (Å²) in [6, 6.07) is 19.3. The minimum absolute atomic E-state index is 0.0610. The van der Waals surface area contributed by atoms with Gasteiger partial charge in [-0.25, -0.2) is 0 Å². The van der Waals surface area contributed by atoms with Crippen LogP contribution in [0.1, 0.15) is 17.9 Å². The van der Waals surface area contributed by atoms with E-state index in [0.29, 0.717) is 0 Å². The fourth-order valence-electron chi connectivity index (χ4n) is 2.28. The molecular weight excluding hydrogens is 228 g/mol. The lowest BCUT2D eigenvalue weighted by Crippen LogP contribution is -1.85. The predicted molar refractivity (Wildman–Crippen MR) is 75.7 cm³/mol. The average molecular weight is 241 g/mol. The quantitative estimate of drug-likeness (QED) is 0.400. The molecular formula is C16H13Cl. The van der Waals surface area contributed by atoms with E-state index in [2.05, 4.69) is 54.6 Å². The Kier molecular flexibility index (Phi) is 2.53. The van der Waals surface area contributed by atoms with E-state index in [9.17, 15) is 0 Å². The van der Waals surface area contributed by atoms with Gasteiger partial charge in [0.1, 0.15) is 0 Å². The van der Waals surface area contributed by atoms with Crippen LogP contribution in [-0.2, 0) is 0 Å². The number of hydrogen-bond donors (Lipinski definition) is 0. The molecule has 3 rings (SSSR count). The standard InChI is InChI=1S/C16H13Cl/c1-11(17)13-8-9-16-14(10-13)7-6-12-4-2-3-5-15(12)16/h2-11H,1H3. The van der Waals surface area contributed by atoms with Crippen LogP contribution >= 0.6 is 11.6 Å². The maximum Gasteiger partial charge on any atom is 0.0557 e. The Morgan fingerprint density at radius 1 is 0.824 bits per heavy atom. The van der Waals surface area contributed by atoms with E-state index in [0.717, 1.165) is 0 Å². The van der Waals surface area contributed by atoms with Crippen LogP contribution < -0.4 is 0 Å². The summed E-state index contributed by atoms with van der Waals surface area (Å²) in [6.45, 7) is 2.00. The molecule has 1 atom stereocenters. The van der Waals surface area contributed by atoms with Crippen LogP contribution in [0.5, 0.6) is 0 Å². The Balaban J connectivity index is 2.37. The molecule has 0 radical (unpaired) electrons. The van der Waals surface area contributed by atoms with Gasteiger partial charge in [0, 0.05) is 0 Å². The summed E-state index contributed by atoms with van der Waals surface area (Å²) in [4.78, 5) is 0. The van der Waals surface area contributed by atoms with Crippen LogP contribution in [0.15, 0.2) is 54.6 Å². The summed E-state index contributed by atoms with van der Waals surface area (Å²) in [7, 11) is 0. The molecule has 0 bridgehead atoms. The van der Waals surface area contributed by atoms with Crippen molar-refractivity contribution in [2.75, 3.05) is 0 Å². The fraction of sp³-hybridized carbons (Fsp3) is 0.125. The van der Waals surface area contributed by atoms with Gasteiger partial charge in [-0.2, -0.15) is 0 Å². The highest BCUT2D eigenvalue weighted by molar-refractivity contribution is 6.20. The molecule has 0 saturated heterocycles. The third kappa shape index (κ3) is 1.79. The largest absolute Gasteiger partial charge is 0.118 e. The van der Waals surface area contributed by atoms with Crippen molar-refractivity contribution in [3.63, 3.8) is 0 Å². The van der Waals surface area contributed by atoms with Crippen LogP contribution in [0.4, 0.5) is 0 Å². The van der Waals surface area contributed by atoms with Crippen molar-refractivity contribution < 1.29 is 0 Å². The highest BCUT2D eigenvalue weighted by Gasteiger charge is 2.04. The second-order valence-corrected chi connectivity index (χ2v) is 5.04. The van der Waals surface area contributed by atoms with Gasteiger partial charge < -0.3 is 0 Å². The Morgan fingerprint density at radius 2 is 1.53 bits per heavy atom. The van der Waals surface area contributed by atoms with E-state index in [4.69, 9.17) is 11.6 Å². The van der Waals surface area contributed by atoms with Crippen LogP contribution in [0, 0.1) is 0 Å². The SMILES string of the molecule is CC(Cl)c1ccc2c(ccc3ccccc32)c1. The lowest BCUT2D eigenvalue weighted by molar-refractivity contribution is 1.09. The van der Waals surface area contributed by atoms with E-state index < -0.39 is 0 Å². The van der Waals surface area contributed by atoms with Gasteiger partial charge in [0.15, 0.2) is 0 Å².